The highest BCUT2D eigenvalue weighted by Crippen LogP contribution is 2.52. The summed E-state index contributed by atoms with van der Waals surface area (Å²) in [4.78, 5) is 12.9. The fraction of sp³-hybridized carbons (Fsp3) is 0.458. The highest BCUT2D eigenvalue weighted by molar-refractivity contribution is 5.96. The van der Waals surface area contributed by atoms with Crippen LogP contribution in [0, 0.1) is 12.8 Å². The number of phenolic OH excluding ortho intramolecular Hbond substituents is 1. The van der Waals surface area contributed by atoms with Gasteiger partial charge in [-0.15, -0.1) is 0 Å². The van der Waals surface area contributed by atoms with Gasteiger partial charge >= 0.3 is 5.97 Å². The summed E-state index contributed by atoms with van der Waals surface area (Å²) in [6, 6.07) is 5.24. The van der Waals surface area contributed by atoms with Crippen LogP contribution in [0.15, 0.2) is 18.2 Å². The summed E-state index contributed by atoms with van der Waals surface area (Å²) in [5, 5.41) is 21.6. The molecule has 0 spiro atoms. The van der Waals surface area contributed by atoms with Crippen molar-refractivity contribution in [2.75, 3.05) is 7.11 Å². The molecule has 1 fully saturated rings. The summed E-state index contributed by atoms with van der Waals surface area (Å²) in [5.41, 5.74) is 3.13. The van der Waals surface area contributed by atoms with Crippen molar-refractivity contribution in [3.63, 3.8) is 0 Å². The fourth-order valence-corrected chi connectivity index (χ4v) is 4.21. The first-order valence-electron chi connectivity index (χ1n) is 10.4. The lowest BCUT2D eigenvalue weighted by Gasteiger charge is -2.24. The molecule has 2 aliphatic rings. The largest absolute Gasteiger partial charge is 0.504 e. The molecule has 30 heavy (non-hydrogen) atoms. The number of aliphatic hydroxyl groups is 1. The van der Waals surface area contributed by atoms with Crippen molar-refractivity contribution in [3.05, 3.63) is 46.0 Å². The van der Waals surface area contributed by atoms with Gasteiger partial charge in [-0.05, 0) is 61.8 Å². The third-order valence-corrected chi connectivity index (χ3v) is 5.75. The number of aromatic hydroxyl groups is 1. The van der Waals surface area contributed by atoms with E-state index in [-0.39, 0.29) is 35.3 Å². The van der Waals surface area contributed by atoms with Crippen molar-refractivity contribution in [2.24, 2.45) is 5.92 Å². The van der Waals surface area contributed by atoms with Crippen molar-refractivity contribution < 1.29 is 29.2 Å². The van der Waals surface area contributed by atoms with Gasteiger partial charge in [0.2, 0.25) is 0 Å². The molecule has 1 atom stereocenters. The van der Waals surface area contributed by atoms with E-state index in [1.165, 1.54) is 7.11 Å². The van der Waals surface area contributed by atoms with Crippen molar-refractivity contribution in [1.82, 2.24) is 0 Å². The third-order valence-electron chi connectivity index (χ3n) is 5.75. The van der Waals surface area contributed by atoms with Crippen LogP contribution in [0.3, 0.4) is 0 Å². The Bertz CT molecular complexity index is 990. The van der Waals surface area contributed by atoms with Crippen LogP contribution in [0.25, 0.3) is 0 Å². The van der Waals surface area contributed by atoms with Crippen LogP contribution in [-0.2, 0) is 11.3 Å². The number of hydrogen-bond donors (Lipinski definition) is 2. The summed E-state index contributed by atoms with van der Waals surface area (Å²) in [6.07, 6.45) is 1.83. The van der Waals surface area contributed by atoms with Gasteiger partial charge in [0, 0.05) is 16.7 Å². The number of aryl methyl sites for hydroxylation is 1. The number of phenols is 1. The predicted molar refractivity (Wildman–Crippen MR) is 111 cm³/mol. The Balaban J connectivity index is 1.83. The smallest absolute Gasteiger partial charge is 0.346 e. The van der Waals surface area contributed by atoms with Crippen molar-refractivity contribution >= 4 is 5.97 Å². The zero-order valence-corrected chi connectivity index (χ0v) is 17.8. The summed E-state index contributed by atoms with van der Waals surface area (Å²) in [6.45, 7) is 5.96. The van der Waals surface area contributed by atoms with Gasteiger partial charge in [0.25, 0.3) is 0 Å². The number of benzene rings is 2. The quantitative estimate of drug-likeness (QED) is 0.663. The van der Waals surface area contributed by atoms with Crippen LogP contribution in [0.2, 0.25) is 0 Å². The Morgan fingerprint density at radius 1 is 1.27 bits per heavy atom. The van der Waals surface area contributed by atoms with Gasteiger partial charge in [-0.2, -0.15) is 0 Å². The second-order valence-electron chi connectivity index (χ2n) is 8.60. The zero-order chi connectivity index (χ0) is 21.6. The Kier molecular flexibility index (Phi) is 5.36. The summed E-state index contributed by atoms with van der Waals surface area (Å²) in [7, 11) is 1.45. The first kappa shape index (κ1) is 20.5. The van der Waals surface area contributed by atoms with Crippen molar-refractivity contribution in [2.45, 2.75) is 58.7 Å². The first-order chi connectivity index (χ1) is 14.3. The molecular formula is C24H28O6. The van der Waals surface area contributed by atoms with Crippen LogP contribution >= 0.6 is 0 Å². The van der Waals surface area contributed by atoms with E-state index in [0.717, 1.165) is 24.0 Å². The van der Waals surface area contributed by atoms with E-state index >= 15 is 0 Å². The minimum Gasteiger partial charge on any atom is -0.504 e. The molecule has 0 unspecified atom stereocenters. The summed E-state index contributed by atoms with van der Waals surface area (Å²) >= 11 is 0. The minimum atomic E-state index is -0.784. The van der Waals surface area contributed by atoms with Gasteiger partial charge in [-0.1, -0.05) is 13.8 Å². The molecule has 0 aromatic heterocycles. The van der Waals surface area contributed by atoms with Gasteiger partial charge < -0.3 is 24.4 Å². The number of rotatable bonds is 5. The van der Waals surface area contributed by atoms with E-state index in [2.05, 4.69) is 0 Å². The van der Waals surface area contributed by atoms with E-state index in [1.807, 2.05) is 26.8 Å². The third kappa shape index (κ3) is 3.60. The number of ether oxygens (including phenoxy) is 3. The lowest BCUT2D eigenvalue weighted by molar-refractivity contribution is 0.0453. The molecule has 0 saturated heterocycles. The standard InChI is InChI=1S/C24H28O6/c1-12(2)9-17(25)16-7-8-18-20(23(16)28-4)24(27)29-11-15-10-13(3)19(14-5-6-14)21(26)22(15)30-18/h7-8,10,12,14,17,25-26H,5-6,9,11H2,1-4H3/t17-/m0/s1. The van der Waals surface area contributed by atoms with Crippen molar-refractivity contribution in [1.29, 1.82) is 0 Å². The molecule has 160 valence electrons. The number of aliphatic hydroxyl groups excluding tert-OH is 1. The highest BCUT2D eigenvalue weighted by Gasteiger charge is 2.34. The molecule has 0 amide bonds. The summed E-state index contributed by atoms with van der Waals surface area (Å²) in [5.74, 6) is 0.919. The molecule has 2 N–H and O–H groups in total. The van der Waals surface area contributed by atoms with Crippen molar-refractivity contribution in [3.8, 4) is 23.0 Å². The molecule has 1 heterocycles. The Hall–Kier alpha value is -2.73. The van der Waals surface area contributed by atoms with Gasteiger partial charge in [0.15, 0.2) is 11.5 Å². The predicted octanol–water partition coefficient (Wildman–Crippen LogP) is 5.13. The Labute approximate surface area is 176 Å². The molecule has 6 heteroatoms. The molecule has 1 aliphatic carbocycles. The average Bonchev–Trinajstić information content (AvgIpc) is 3.51. The molecule has 2 aromatic carbocycles. The maximum absolute atomic E-state index is 12.9. The van der Waals surface area contributed by atoms with Gasteiger partial charge in [0.1, 0.15) is 23.7 Å². The minimum absolute atomic E-state index is 0.0190. The van der Waals surface area contributed by atoms with Gasteiger partial charge in [-0.25, -0.2) is 4.79 Å². The van der Waals surface area contributed by atoms with Crippen LogP contribution in [-0.4, -0.2) is 23.3 Å². The summed E-state index contributed by atoms with van der Waals surface area (Å²) < 4.78 is 17.2. The number of carbonyl (C=O) groups is 1. The number of cyclic esters (lactones) is 1. The highest BCUT2D eigenvalue weighted by atomic mass is 16.5. The van der Waals surface area contributed by atoms with E-state index in [4.69, 9.17) is 14.2 Å². The van der Waals surface area contributed by atoms with Crippen LogP contribution in [0.5, 0.6) is 23.0 Å². The topological polar surface area (TPSA) is 85.2 Å². The number of hydrogen-bond acceptors (Lipinski definition) is 6. The monoisotopic (exact) mass is 412 g/mol. The normalized spacial score (nSPS) is 16.7. The van der Waals surface area contributed by atoms with Crippen LogP contribution in [0.4, 0.5) is 0 Å². The van der Waals surface area contributed by atoms with Crippen LogP contribution < -0.4 is 9.47 Å². The maximum Gasteiger partial charge on any atom is 0.346 e. The molecule has 0 radical (unpaired) electrons. The van der Waals surface area contributed by atoms with E-state index in [9.17, 15) is 15.0 Å². The molecule has 0 bridgehead atoms. The fourth-order valence-electron chi connectivity index (χ4n) is 4.21. The molecule has 2 aromatic rings. The zero-order valence-electron chi connectivity index (χ0n) is 17.8. The lowest BCUT2D eigenvalue weighted by atomic mass is 9.96. The maximum atomic E-state index is 12.9. The SMILES string of the molecule is COc1c([C@@H](O)CC(C)C)ccc2c1C(=O)OCc1cc(C)c(C3CC3)c(O)c1O2. The van der Waals surface area contributed by atoms with E-state index in [0.29, 0.717) is 29.2 Å². The molecular weight excluding hydrogens is 384 g/mol. The Morgan fingerprint density at radius 3 is 2.63 bits per heavy atom. The number of methoxy groups -OCH3 is 1. The van der Waals surface area contributed by atoms with Gasteiger partial charge in [0.05, 0.1) is 13.2 Å². The average molecular weight is 412 g/mol. The van der Waals surface area contributed by atoms with E-state index in [1.54, 1.807) is 12.1 Å². The van der Waals surface area contributed by atoms with Gasteiger partial charge in [-0.3, -0.25) is 0 Å². The second kappa shape index (κ2) is 7.84. The van der Waals surface area contributed by atoms with Crippen LogP contribution in [0.1, 0.15) is 77.7 Å². The second-order valence-corrected chi connectivity index (χ2v) is 8.60. The molecule has 4 rings (SSSR count). The Morgan fingerprint density at radius 2 is 2.00 bits per heavy atom. The number of esters is 1. The molecule has 6 nitrogen and oxygen atoms in total. The molecule has 1 aliphatic heterocycles. The number of fused-ring (bicyclic) bond motifs is 2. The molecule has 1 saturated carbocycles. The number of carbonyl (C=O) groups excluding carboxylic acids is 1. The van der Waals surface area contributed by atoms with E-state index < -0.39 is 12.1 Å². The first-order valence-corrected chi connectivity index (χ1v) is 10.4. The lowest BCUT2D eigenvalue weighted by Crippen LogP contribution is -2.15.